The Morgan fingerprint density at radius 1 is 1.40 bits per heavy atom. The van der Waals surface area contributed by atoms with Gasteiger partial charge in [0.1, 0.15) is 6.61 Å². The molecule has 1 saturated carbocycles. The van der Waals surface area contributed by atoms with Gasteiger partial charge in [0, 0.05) is 7.05 Å². The van der Waals surface area contributed by atoms with E-state index in [1.165, 1.54) is 23.9 Å². The highest BCUT2D eigenvalue weighted by Gasteiger charge is 2.28. The minimum atomic E-state index is -0.190. The van der Waals surface area contributed by atoms with Crippen molar-refractivity contribution in [2.24, 2.45) is 12.8 Å². The van der Waals surface area contributed by atoms with Crippen LogP contribution in [0.25, 0.3) is 0 Å². The Labute approximate surface area is 88.8 Å². The van der Waals surface area contributed by atoms with E-state index in [4.69, 9.17) is 10.5 Å². The number of aromatic nitrogens is 4. The fourth-order valence-electron chi connectivity index (χ4n) is 1.95. The molecule has 15 heavy (non-hydrogen) atoms. The van der Waals surface area contributed by atoms with Gasteiger partial charge in [-0.05, 0) is 23.3 Å². The number of nitrogens with zero attached hydrogens (tertiary/aromatic N) is 4. The lowest BCUT2D eigenvalue weighted by molar-refractivity contribution is 0.159. The van der Waals surface area contributed by atoms with Gasteiger partial charge in [-0.25, -0.2) is 0 Å². The van der Waals surface area contributed by atoms with E-state index >= 15 is 0 Å². The highest BCUT2D eigenvalue weighted by Crippen LogP contribution is 2.26. The van der Waals surface area contributed by atoms with E-state index in [0.29, 0.717) is 12.6 Å². The summed E-state index contributed by atoms with van der Waals surface area (Å²) in [6.07, 6.45) is 5.72. The van der Waals surface area contributed by atoms with Crippen LogP contribution >= 0.6 is 0 Å². The van der Waals surface area contributed by atoms with E-state index in [9.17, 15) is 0 Å². The molecule has 6 nitrogen and oxygen atoms in total. The van der Waals surface area contributed by atoms with Gasteiger partial charge in [-0.2, -0.15) is 4.68 Å². The smallest absolute Gasteiger partial charge is 0.335 e. The largest absolute Gasteiger partial charge is 0.461 e. The molecule has 1 aliphatic rings. The van der Waals surface area contributed by atoms with Gasteiger partial charge >= 0.3 is 6.01 Å². The van der Waals surface area contributed by atoms with E-state index < -0.39 is 0 Å². The summed E-state index contributed by atoms with van der Waals surface area (Å²) in [5, 5.41) is 11.0. The maximum atomic E-state index is 6.22. The summed E-state index contributed by atoms with van der Waals surface area (Å²) >= 11 is 0. The third-order valence-corrected chi connectivity index (χ3v) is 2.92. The lowest BCUT2D eigenvalue weighted by atomic mass is 9.83. The van der Waals surface area contributed by atoms with Gasteiger partial charge in [0.05, 0.1) is 5.54 Å². The average Bonchev–Trinajstić information content (AvgIpc) is 2.62. The molecule has 0 atom stereocenters. The fourth-order valence-corrected chi connectivity index (χ4v) is 1.95. The number of hydrogen-bond acceptors (Lipinski definition) is 5. The summed E-state index contributed by atoms with van der Waals surface area (Å²) in [6, 6.07) is 0.436. The minimum absolute atomic E-state index is 0.190. The number of ether oxygens (including phenoxy) is 1. The summed E-state index contributed by atoms with van der Waals surface area (Å²) < 4.78 is 7.03. The quantitative estimate of drug-likeness (QED) is 0.775. The summed E-state index contributed by atoms with van der Waals surface area (Å²) in [4.78, 5) is 0. The highest BCUT2D eigenvalue weighted by atomic mass is 16.5. The predicted octanol–water partition coefficient (Wildman–Crippen LogP) is 0.250. The van der Waals surface area contributed by atoms with Crippen LogP contribution in [0.5, 0.6) is 6.01 Å². The Kier molecular flexibility index (Phi) is 2.86. The van der Waals surface area contributed by atoms with Crippen molar-refractivity contribution in [3.8, 4) is 6.01 Å². The molecule has 0 aliphatic heterocycles. The average molecular weight is 211 g/mol. The zero-order valence-electron chi connectivity index (χ0n) is 9.02. The third kappa shape index (κ3) is 2.44. The lowest BCUT2D eigenvalue weighted by Crippen LogP contribution is -2.47. The highest BCUT2D eigenvalue weighted by molar-refractivity contribution is 4.92. The Morgan fingerprint density at radius 2 is 2.13 bits per heavy atom. The first kappa shape index (κ1) is 10.4. The molecule has 1 fully saturated rings. The molecule has 0 unspecified atom stereocenters. The second-order valence-electron chi connectivity index (χ2n) is 4.30. The zero-order chi connectivity index (χ0) is 10.7. The first-order valence-electron chi connectivity index (χ1n) is 5.34. The van der Waals surface area contributed by atoms with Crippen LogP contribution in [-0.2, 0) is 7.05 Å². The second-order valence-corrected chi connectivity index (χ2v) is 4.30. The molecule has 84 valence electrons. The number of aryl methyl sites for hydroxylation is 1. The first-order chi connectivity index (χ1) is 7.20. The van der Waals surface area contributed by atoms with Gasteiger partial charge in [-0.1, -0.05) is 24.4 Å². The van der Waals surface area contributed by atoms with E-state index in [1.54, 1.807) is 7.05 Å². The molecule has 2 rings (SSSR count). The van der Waals surface area contributed by atoms with E-state index in [1.807, 2.05) is 0 Å². The van der Waals surface area contributed by atoms with Crippen molar-refractivity contribution in [2.75, 3.05) is 6.61 Å². The third-order valence-electron chi connectivity index (χ3n) is 2.92. The lowest BCUT2D eigenvalue weighted by Gasteiger charge is -2.32. The number of hydrogen-bond donors (Lipinski definition) is 1. The van der Waals surface area contributed by atoms with Gasteiger partial charge in [-0.3, -0.25) is 0 Å². The topological polar surface area (TPSA) is 78.8 Å². The summed E-state index contributed by atoms with van der Waals surface area (Å²) in [5.41, 5.74) is 6.03. The molecule has 0 amide bonds. The molecule has 2 N–H and O–H groups in total. The molecule has 1 aliphatic carbocycles. The van der Waals surface area contributed by atoms with Crippen molar-refractivity contribution in [3.63, 3.8) is 0 Å². The fraction of sp³-hybridized carbons (Fsp3) is 0.889. The molecule has 0 radical (unpaired) electrons. The molecule has 1 aromatic heterocycles. The molecule has 0 spiro atoms. The Bertz CT molecular complexity index is 318. The first-order valence-corrected chi connectivity index (χ1v) is 5.34. The van der Waals surface area contributed by atoms with Crippen LogP contribution in [0.1, 0.15) is 32.1 Å². The minimum Gasteiger partial charge on any atom is -0.461 e. The molecular formula is C9H17N5O. The maximum absolute atomic E-state index is 6.22. The van der Waals surface area contributed by atoms with Crippen molar-refractivity contribution in [1.82, 2.24) is 20.2 Å². The normalized spacial score (nSPS) is 20.1. The SMILES string of the molecule is Cn1nnnc1OCC1(N)CCCCC1. The Morgan fingerprint density at radius 3 is 2.73 bits per heavy atom. The van der Waals surface area contributed by atoms with E-state index in [-0.39, 0.29) is 5.54 Å². The summed E-state index contributed by atoms with van der Waals surface area (Å²) in [5.74, 6) is 0. The number of rotatable bonds is 3. The summed E-state index contributed by atoms with van der Waals surface area (Å²) in [7, 11) is 1.75. The molecule has 1 heterocycles. The molecule has 6 heteroatoms. The van der Waals surface area contributed by atoms with Gasteiger partial charge in [0.25, 0.3) is 0 Å². The standard InChI is InChI=1S/C9H17N5O/c1-14-8(11-12-13-14)15-7-9(10)5-3-2-4-6-9/h2-7,10H2,1H3. The number of nitrogens with two attached hydrogens (primary N) is 1. The van der Waals surface area contributed by atoms with Crippen molar-refractivity contribution >= 4 is 0 Å². The van der Waals surface area contributed by atoms with E-state index in [2.05, 4.69) is 15.5 Å². The molecule has 0 bridgehead atoms. The van der Waals surface area contributed by atoms with Gasteiger partial charge in [0.2, 0.25) is 0 Å². The monoisotopic (exact) mass is 211 g/mol. The Balaban J connectivity index is 1.89. The van der Waals surface area contributed by atoms with Gasteiger partial charge in [-0.15, -0.1) is 0 Å². The van der Waals surface area contributed by atoms with Crippen LogP contribution in [0.2, 0.25) is 0 Å². The molecular weight excluding hydrogens is 194 g/mol. The van der Waals surface area contributed by atoms with E-state index in [0.717, 1.165) is 12.8 Å². The molecule has 0 saturated heterocycles. The van der Waals surface area contributed by atoms with Crippen LogP contribution in [-0.4, -0.2) is 32.4 Å². The van der Waals surface area contributed by atoms with Crippen molar-refractivity contribution in [2.45, 2.75) is 37.6 Å². The molecule has 1 aromatic rings. The van der Waals surface area contributed by atoms with Crippen LogP contribution in [0.15, 0.2) is 0 Å². The van der Waals surface area contributed by atoms with Crippen LogP contribution < -0.4 is 10.5 Å². The van der Waals surface area contributed by atoms with Crippen LogP contribution in [0.3, 0.4) is 0 Å². The molecule has 0 aromatic carbocycles. The zero-order valence-corrected chi connectivity index (χ0v) is 9.02. The van der Waals surface area contributed by atoms with Crippen LogP contribution in [0.4, 0.5) is 0 Å². The van der Waals surface area contributed by atoms with Crippen LogP contribution in [0, 0.1) is 0 Å². The van der Waals surface area contributed by atoms with Crippen molar-refractivity contribution in [1.29, 1.82) is 0 Å². The second kappa shape index (κ2) is 4.14. The Hall–Kier alpha value is -1.17. The predicted molar refractivity (Wildman–Crippen MR) is 54.3 cm³/mol. The summed E-state index contributed by atoms with van der Waals surface area (Å²) in [6.45, 7) is 0.501. The van der Waals surface area contributed by atoms with Gasteiger partial charge < -0.3 is 10.5 Å². The number of tetrazole rings is 1. The maximum Gasteiger partial charge on any atom is 0.335 e. The van der Waals surface area contributed by atoms with Crippen molar-refractivity contribution < 1.29 is 4.74 Å². The van der Waals surface area contributed by atoms with Gasteiger partial charge in [0.15, 0.2) is 0 Å². The van der Waals surface area contributed by atoms with Crippen molar-refractivity contribution in [3.05, 3.63) is 0 Å².